The third-order valence-electron chi connectivity index (χ3n) is 4.26. The average molecular weight is 286 g/mol. The lowest BCUT2D eigenvalue weighted by atomic mass is 10.1. The molecule has 0 spiro atoms. The molecule has 1 saturated heterocycles. The fraction of sp³-hybridized carbons (Fsp3) is 0.533. The minimum Gasteiger partial charge on any atom is -0.338 e. The van der Waals surface area contributed by atoms with E-state index in [0.717, 1.165) is 38.4 Å². The van der Waals surface area contributed by atoms with Crippen LogP contribution in [0.2, 0.25) is 0 Å². The van der Waals surface area contributed by atoms with Crippen molar-refractivity contribution in [1.29, 1.82) is 0 Å². The molecular formula is C15H22N6. The van der Waals surface area contributed by atoms with Crippen LogP contribution in [0.5, 0.6) is 0 Å². The lowest BCUT2D eigenvalue weighted by Gasteiger charge is -2.24. The van der Waals surface area contributed by atoms with Crippen LogP contribution >= 0.6 is 0 Å². The average Bonchev–Trinajstić information content (AvgIpc) is 3.14. The van der Waals surface area contributed by atoms with Crippen LogP contribution in [0.25, 0.3) is 0 Å². The van der Waals surface area contributed by atoms with Crippen molar-refractivity contribution in [3.63, 3.8) is 0 Å². The Morgan fingerprint density at radius 3 is 2.81 bits per heavy atom. The van der Waals surface area contributed by atoms with Gasteiger partial charge in [0.1, 0.15) is 0 Å². The first-order valence-electron chi connectivity index (χ1n) is 7.45. The van der Waals surface area contributed by atoms with E-state index in [1.165, 1.54) is 5.56 Å². The molecule has 1 aromatic heterocycles. The van der Waals surface area contributed by atoms with Gasteiger partial charge in [-0.05, 0) is 35.9 Å². The van der Waals surface area contributed by atoms with Crippen molar-refractivity contribution >= 4 is 5.95 Å². The first kappa shape index (κ1) is 14.0. The van der Waals surface area contributed by atoms with Crippen LogP contribution in [0, 0.1) is 0 Å². The van der Waals surface area contributed by atoms with Crippen LogP contribution in [0.4, 0.5) is 5.95 Å². The fourth-order valence-electron chi connectivity index (χ4n) is 2.91. The van der Waals surface area contributed by atoms with Crippen molar-refractivity contribution in [2.75, 3.05) is 31.6 Å². The van der Waals surface area contributed by atoms with Gasteiger partial charge < -0.3 is 9.80 Å². The molecule has 0 radical (unpaired) electrons. The highest BCUT2D eigenvalue weighted by Gasteiger charge is 2.28. The zero-order valence-electron chi connectivity index (χ0n) is 12.7. The van der Waals surface area contributed by atoms with Gasteiger partial charge in [-0.1, -0.05) is 35.4 Å². The Bertz CT molecular complexity index is 567. The first-order valence-corrected chi connectivity index (χ1v) is 7.45. The second-order valence-corrected chi connectivity index (χ2v) is 5.71. The first-order chi connectivity index (χ1) is 10.2. The van der Waals surface area contributed by atoms with Crippen molar-refractivity contribution in [1.82, 2.24) is 25.1 Å². The van der Waals surface area contributed by atoms with E-state index in [-0.39, 0.29) is 0 Å². The highest BCUT2D eigenvalue weighted by atomic mass is 15.6. The summed E-state index contributed by atoms with van der Waals surface area (Å²) in [4.78, 5) is 4.72. The molecule has 1 unspecified atom stereocenters. The molecule has 0 aliphatic carbocycles. The van der Waals surface area contributed by atoms with Crippen LogP contribution in [-0.4, -0.2) is 57.8 Å². The van der Waals surface area contributed by atoms with Crippen LogP contribution in [-0.2, 0) is 13.5 Å². The van der Waals surface area contributed by atoms with Gasteiger partial charge in [0.15, 0.2) is 0 Å². The number of aromatic nitrogens is 4. The SMILES string of the molecule is CN(CCc1ccccc1)C1CCN(c2nnnn2C)C1. The van der Waals surface area contributed by atoms with Crippen molar-refractivity contribution in [2.24, 2.45) is 7.05 Å². The molecule has 6 heteroatoms. The van der Waals surface area contributed by atoms with Crippen molar-refractivity contribution in [2.45, 2.75) is 18.9 Å². The molecule has 6 nitrogen and oxygen atoms in total. The quantitative estimate of drug-likeness (QED) is 0.819. The molecule has 0 amide bonds. The van der Waals surface area contributed by atoms with Crippen LogP contribution in [0.15, 0.2) is 30.3 Å². The molecule has 112 valence electrons. The molecule has 1 atom stereocenters. The molecule has 1 aliphatic rings. The van der Waals surface area contributed by atoms with E-state index in [1.807, 2.05) is 7.05 Å². The Hall–Kier alpha value is -1.95. The second-order valence-electron chi connectivity index (χ2n) is 5.71. The van der Waals surface area contributed by atoms with Gasteiger partial charge in [-0.25, -0.2) is 4.68 Å². The third kappa shape index (κ3) is 3.21. The second kappa shape index (κ2) is 6.22. The van der Waals surface area contributed by atoms with Crippen LogP contribution in [0.1, 0.15) is 12.0 Å². The summed E-state index contributed by atoms with van der Waals surface area (Å²) in [6, 6.07) is 11.2. The summed E-state index contributed by atoms with van der Waals surface area (Å²) in [6.07, 6.45) is 2.26. The van der Waals surface area contributed by atoms with E-state index < -0.39 is 0 Å². The van der Waals surface area contributed by atoms with E-state index in [9.17, 15) is 0 Å². The summed E-state index contributed by atoms with van der Waals surface area (Å²) >= 11 is 0. The van der Waals surface area contributed by atoms with Crippen molar-refractivity contribution in [3.05, 3.63) is 35.9 Å². The minimum atomic E-state index is 0.574. The van der Waals surface area contributed by atoms with E-state index in [2.05, 4.69) is 62.7 Å². The molecule has 2 aromatic rings. The van der Waals surface area contributed by atoms with Gasteiger partial charge in [0.05, 0.1) is 0 Å². The Kier molecular flexibility index (Phi) is 4.15. The number of aryl methyl sites for hydroxylation is 1. The van der Waals surface area contributed by atoms with Crippen LogP contribution in [0.3, 0.4) is 0 Å². The maximum Gasteiger partial charge on any atom is 0.245 e. The smallest absolute Gasteiger partial charge is 0.245 e. The summed E-state index contributed by atoms with van der Waals surface area (Å²) in [5.41, 5.74) is 1.40. The summed E-state index contributed by atoms with van der Waals surface area (Å²) in [7, 11) is 4.10. The number of hydrogen-bond acceptors (Lipinski definition) is 5. The van der Waals surface area contributed by atoms with Gasteiger partial charge in [0.2, 0.25) is 5.95 Å². The molecular weight excluding hydrogens is 264 g/mol. The van der Waals surface area contributed by atoms with Crippen molar-refractivity contribution < 1.29 is 0 Å². The van der Waals surface area contributed by atoms with E-state index in [0.29, 0.717) is 6.04 Å². The molecule has 0 N–H and O–H groups in total. The number of likely N-dealkylation sites (N-methyl/N-ethyl adjacent to an activating group) is 1. The molecule has 1 aromatic carbocycles. The van der Waals surface area contributed by atoms with Crippen molar-refractivity contribution in [3.8, 4) is 0 Å². The van der Waals surface area contributed by atoms with Crippen LogP contribution < -0.4 is 4.90 Å². The van der Waals surface area contributed by atoms with Gasteiger partial charge in [0.25, 0.3) is 0 Å². The summed E-state index contributed by atoms with van der Waals surface area (Å²) in [5, 5.41) is 11.7. The van der Waals surface area contributed by atoms with Gasteiger partial charge in [0, 0.05) is 32.7 Å². The highest BCUT2D eigenvalue weighted by Crippen LogP contribution is 2.19. The third-order valence-corrected chi connectivity index (χ3v) is 4.26. The normalized spacial score (nSPS) is 18.6. The number of benzene rings is 1. The number of nitrogens with zero attached hydrogens (tertiary/aromatic N) is 6. The standard InChI is InChI=1S/C15H22N6/c1-19(10-8-13-6-4-3-5-7-13)14-9-11-21(12-14)15-16-17-18-20(15)2/h3-7,14H,8-12H2,1-2H3. The molecule has 0 bridgehead atoms. The maximum absolute atomic E-state index is 4.09. The summed E-state index contributed by atoms with van der Waals surface area (Å²) in [6.45, 7) is 3.10. The number of rotatable bonds is 5. The lowest BCUT2D eigenvalue weighted by molar-refractivity contribution is 0.262. The molecule has 1 aliphatic heterocycles. The Morgan fingerprint density at radius 2 is 2.10 bits per heavy atom. The van der Waals surface area contributed by atoms with Gasteiger partial charge >= 0.3 is 0 Å². The monoisotopic (exact) mass is 286 g/mol. The largest absolute Gasteiger partial charge is 0.338 e. The highest BCUT2D eigenvalue weighted by molar-refractivity contribution is 5.30. The summed E-state index contributed by atoms with van der Waals surface area (Å²) < 4.78 is 1.74. The zero-order valence-corrected chi connectivity index (χ0v) is 12.7. The molecule has 0 saturated carbocycles. The number of tetrazole rings is 1. The zero-order chi connectivity index (χ0) is 14.7. The Labute approximate surface area is 125 Å². The van der Waals surface area contributed by atoms with E-state index in [1.54, 1.807) is 4.68 Å². The Balaban J connectivity index is 1.53. The molecule has 21 heavy (non-hydrogen) atoms. The maximum atomic E-state index is 4.09. The predicted octanol–water partition coefficient (Wildman–Crippen LogP) is 0.963. The van der Waals surface area contributed by atoms with Gasteiger partial charge in [-0.3, -0.25) is 0 Å². The molecule has 1 fully saturated rings. The Morgan fingerprint density at radius 1 is 1.29 bits per heavy atom. The predicted molar refractivity (Wildman–Crippen MR) is 82.2 cm³/mol. The van der Waals surface area contributed by atoms with Gasteiger partial charge in [-0.15, -0.1) is 0 Å². The van der Waals surface area contributed by atoms with Gasteiger partial charge in [-0.2, -0.15) is 0 Å². The fourth-order valence-corrected chi connectivity index (χ4v) is 2.91. The number of hydrogen-bond donors (Lipinski definition) is 0. The molecule has 2 heterocycles. The number of anilines is 1. The summed E-state index contributed by atoms with van der Waals surface area (Å²) in [5.74, 6) is 0.869. The topological polar surface area (TPSA) is 50.1 Å². The minimum absolute atomic E-state index is 0.574. The molecule has 3 rings (SSSR count). The van der Waals surface area contributed by atoms with E-state index in [4.69, 9.17) is 0 Å². The lowest BCUT2D eigenvalue weighted by Crippen LogP contribution is -2.36. The van der Waals surface area contributed by atoms with E-state index >= 15 is 0 Å².